The molecule has 16 heavy (non-hydrogen) atoms. The third kappa shape index (κ3) is 3.22. The topological polar surface area (TPSA) is 29.3 Å². The number of hydrogen-bond donors (Lipinski definition) is 1. The predicted octanol–water partition coefficient (Wildman–Crippen LogP) is 3.50. The van der Waals surface area contributed by atoms with Crippen LogP contribution in [0.2, 0.25) is 5.02 Å². The van der Waals surface area contributed by atoms with Gasteiger partial charge in [-0.2, -0.15) is 11.8 Å². The summed E-state index contributed by atoms with van der Waals surface area (Å²) in [5, 5.41) is 0.721. The fourth-order valence-corrected chi connectivity index (χ4v) is 2.50. The monoisotopic (exact) mass is 258 g/mol. The lowest BCUT2D eigenvalue weighted by Crippen LogP contribution is -2.30. The molecule has 0 saturated carbocycles. The van der Waals surface area contributed by atoms with E-state index in [9.17, 15) is 0 Å². The van der Waals surface area contributed by atoms with E-state index in [1.165, 1.54) is 0 Å². The van der Waals surface area contributed by atoms with Crippen molar-refractivity contribution in [3.8, 4) is 0 Å². The highest BCUT2D eigenvalue weighted by molar-refractivity contribution is 7.98. The summed E-state index contributed by atoms with van der Waals surface area (Å²) >= 11 is 8.04. The molecule has 1 aromatic rings. The van der Waals surface area contributed by atoms with Crippen molar-refractivity contribution in [2.24, 2.45) is 0 Å². The van der Waals surface area contributed by atoms with Gasteiger partial charge < -0.3 is 10.6 Å². The van der Waals surface area contributed by atoms with Crippen LogP contribution in [0.3, 0.4) is 0 Å². The molecule has 1 unspecified atom stereocenters. The molecule has 1 atom stereocenters. The maximum atomic E-state index is 6.18. The van der Waals surface area contributed by atoms with Crippen LogP contribution in [0, 0.1) is 0 Å². The first kappa shape index (κ1) is 13.5. The molecule has 4 heteroatoms. The lowest BCUT2D eigenvalue weighted by molar-refractivity contribution is 0.670. The molecule has 1 rings (SSSR count). The van der Waals surface area contributed by atoms with E-state index in [0.29, 0.717) is 6.04 Å². The number of thioether (sulfide) groups is 1. The Morgan fingerprint density at radius 3 is 2.75 bits per heavy atom. The fourth-order valence-electron chi connectivity index (χ4n) is 1.61. The lowest BCUT2D eigenvalue weighted by atomic mass is 10.2. The molecule has 2 nitrogen and oxygen atoms in total. The molecule has 0 bridgehead atoms. The van der Waals surface area contributed by atoms with Crippen LogP contribution in [-0.2, 0) is 0 Å². The zero-order valence-corrected chi connectivity index (χ0v) is 11.6. The van der Waals surface area contributed by atoms with Crippen molar-refractivity contribution in [3.63, 3.8) is 0 Å². The Morgan fingerprint density at radius 2 is 2.19 bits per heavy atom. The van der Waals surface area contributed by atoms with Gasteiger partial charge in [-0.05, 0) is 37.5 Å². The van der Waals surface area contributed by atoms with Crippen LogP contribution >= 0.6 is 23.4 Å². The highest BCUT2D eigenvalue weighted by Gasteiger charge is 2.14. The molecule has 0 aliphatic carbocycles. The maximum absolute atomic E-state index is 6.18. The molecule has 1 aromatic carbocycles. The quantitative estimate of drug-likeness (QED) is 0.820. The van der Waals surface area contributed by atoms with E-state index in [4.69, 9.17) is 17.3 Å². The highest BCUT2D eigenvalue weighted by Crippen LogP contribution is 2.32. The van der Waals surface area contributed by atoms with E-state index >= 15 is 0 Å². The summed E-state index contributed by atoms with van der Waals surface area (Å²) < 4.78 is 0. The minimum atomic E-state index is 0.439. The zero-order valence-electron chi connectivity index (χ0n) is 10.0. The van der Waals surface area contributed by atoms with Crippen molar-refractivity contribution < 1.29 is 0 Å². The summed E-state index contributed by atoms with van der Waals surface area (Å²) in [5.41, 5.74) is 7.64. The average Bonchev–Trinajstić information content (AvgIpc) is 2.25. The summed E-state index contributed by atoms with van der Waals surface area (Å²) in [6, 6.07) is 6.08. The van der Waals surface area contributed by atoms with E-state index in [2.05, 4.69) is 18.1 Å². The zero-order chi connectivity index (χ0) is 12.1. The Bertz CT molecular complexity index is 324. The largest absolute Gasteiger partial charge is 0.397 e. The molecule has 0 fully saturated rings. The first-order chi connectivity index (χ1) is 7.57. The molecule has 0 spiro atoms. The van der Waals surface area contributed by atoms with Crippen molar-refractivity contribution >= 4 is 34.7 Å². The highest BCUT2D eigenvalue weighted by atomic mass is 35.5. The number of para-hydroxylation sites is 1. The number of rotatable bonds is 5. The van der Waals surface area contributed by atoms with E-state index < -0.39 is 0 Å². The van der Waals surface area contributed by atoms with Gasteiger partial charge in [0.1, 0.15) is 0 Å². The number of benzene rings is 1. The Labute approximate surface area is 107 Å². The lowest BCUT2D eigenvalue weighted by Gasteiger charge is -2.28. The van der Waals surface area contributed by atoms with Crippen LogP contribution < -0.4 is 10.6 Å². The van der Waals surface area contributed by atoms with Crippen LogP contribution in [0.4, 0.5) is 11.4 Å². The van der Waals surface area contributed by atoms with Crippen LogP contribution in [-0.4, -0.2) is 25.1 Å². The third-order valence-corrected chi connectivity index (χ3v) is 3.72. The van der Waals surface area contributed by atoms with Gasteiger partial charge in [-0.1, -0.05) is 17.7 Å². The molecule has 0 radical (unpaired) electrons. The van der Waals surface area contributed by atoms with Crippen molar-refractivity contribution in [1.29, 1.82) is 0 Å². The van der Waals surface area contributed by atoms with Crippen LogP contribution in [0.5, 0.6) is 0 Å². The van der Waals surface area contributed by atoms with Crippen molar-refractivity contribution in [1.82, 2.24) is 0 Å². The second-order valence-electron chi connectivity index (χ2n) is 3.92. The first-order valence-electron chi connectivity index (χ1n) is 5.33. The molecule has 0 aliphatic rings. The van der Waals surface area contributed by atoms with Gasteiger partial charge in [-0.3, -0.25) is 0 Å². The summed E-state index contributed by atoms with van der Waals surface area (Å²) in [6.45, 7) is 2.19. The Balaban J connectivity index is 2.82. The molecular weight excluding hydrogens is 240 g/mol. The second kappa shape index (κ2) is 6.26. The molecule has 0 aliphatic heterocycles. The Morgan fingerprint density at radius 1 is 1.50 bits per heavy atom. The van der Waals surface area contributed by atoms with Crippen molar-refractivity contribution in [2.75, 3.05) is 29.7 Å². The number of hydrogen-bond acceptors (Lipinski definition) is 3. The summed E-state index contributed by atoms with van der Waals surface area (Å²) in [4.78, 5) is 2.16. The Hall–Kier alpha value is -0.540. The van der Waals surface area contributed by atoms with Gasteiger partial charge in [-0.15, -0.1) is 0 Å². The van der Waals surface area contributed by atoms with E-state index in [-0.39, 0.29) is 0 Å². The van der Waals surface area contributed by atoms with E-state index in [0.717, 1.165) is 28.6 Å². The van der Waals surface area contributed by atoms with Gasteiger partial charge >= 0.3 is 0 Å². The van der Waals surface area contributed by atoms with Crippen molar-refractivity contribution in [2.45, 2.75) is 19.4 Å². The minimum absolute atomic E-state index is 0.439. The molecule has 0 amide bonds. The number of nitrogen functional groups attached to an aromatic ring is 1. The van der Waals surface area contributed by atoms with Gasteiger partial charge in [0.05, 0.1) is 16.4 Å². The fraction of sp³-hybridized carbons (Fsp3) is 0.500. The normalized spacial score (nSPS) is 12.5. The molecule has 0 saturated heterocycles. The summed E-state index contributed by atoms with van der Waals surface area (Å²) in [5.74, 6) is 1.15. The first-order valence-corrected chi connectivity index (χ1v) is 7.11. The van der Waals surface area contributed by atoms with Gasteiger partial charge in [0.25, 0.3) is 0 Å². The smallest absolute Gasteiger partial charge is 0.0788 e. The molecular formula is C12H19ClN2S. The predicted molar refractivity (Wildman–Crippen MR) is 76.7 cm³/mol. The number of nitrogens with zero attached hydrogens (tertiary/aromatic N) is 1. The second-order valence-corrected chi connectivity index (χ2v) is 5.31. The maximum Gasteiger partial charge on any atom is 0.0788 e. The van der Waals surface area contributed by atoms with Gasteiger partial charge in [0.15, 0.2) is 0 Å². The average molecular weight is 259 g/mol. The molecule has 0 heterocycles. The summed E-state index contributed by atoms with van der Waals surface area (Å²) in [6.07, 6.45) is 3.25. The number of anilines is 2. The molecule has 2 N–H and O–H groups in total. The molecule has 0 aromatic heterocycles. The number of nitrogens with two attached hydrogens (primary N) is 1. The van der Waals surface area contributed by atoms with Gasteiger partial charge in [0.2, 0.25) is 0 Å². The van der Waals surface area contributed by atoms with Crippen LogP contribution in [0.25, 0.3) is 0 Å². The molecule has 90 valence electrons. The van der Waals surface area contributed by atoms with Crippen molar-refractivity contribution in [3.05, 3.63) is 23.2 Å². The summed E-state index contributed by atoms with van der Waals surface area (Å²) in [7, 11) is 2.04. The third-order valence-electron chi connectivity index (χ3n) is 2.77. The van der Waals surface area contributed by atoms with E-state index in [1.807, 2.05) is 37.0 Å². The van der Waals surface area contributed by atoms with Crippen LogP contribution in [0.1, 0.15) is 13.3 Å². The van der Waals surface area contributed by atoms with E-state index in [1.54, 1.807) is 0 Å². The number of halogens is 1. The SMILES string of the molecule is CSCCC(C)N(C)c1c(N)cccc1Cl. The van der Waals surface area contributed by atoms with Crippen LogP contribution in [0.15, 0.2) is 18.2 Å². The Kier molecular flexibility index (Phi) is 5.29. The van der Waals surface area contributed by atoms with Gasteiger partial charge in [0, 0.05) is 13.1 Å². The standard InChI is InChI=1S/C12H19ClN2S/c1-9(7-8-16-3)15(2)12-10(13)5-4-6-11(12)14/h4-6,9H,7-8,14H2,1-3H3. The van der Waals surface area contributed by atoms with Gasteiger partial charge in [-0.25, -0.2) is 0 Å². The minimum Gasteiger partial charge on any atom is -0.397 e.